The monoisotopic (exact) mass is 841 g/mol. The number of furan rings is 1. The predicted octanol–water partition coefficient (Wildman–Crippen LogP) is 6.18. The zero-order valence-corrected chi connectivity index (χ0v) is 33.9. The van der Waals surface area contributed by atoms with Gasteiger partial charge < -0.3 is 29.4 Å². The molecule has 5 aliphatic rings. The lowest BCUT2D eigenvalue weighted by Crippen LogP contribution is -2.58. The van der Waals surface area contributed by atoms with Crippen molar-refractivity contribution < 1.29 is 45.9 Å². The molecule has 2 aromatic heterocycles. The van der Waals surface area contributed by atoms with E-state index in [0.29, 0.717) is 54.2 Å². The lowest BCUT2D eigenvalue weighted by Gasteiger charge is -2.30. The summed E-state index contributed by atoms with van der Waals surface area (Å²) in [6, 6.07) is 12.9. The number of ether oxygens (including phenoxy) is 2. The van der Waals surface area contributed by atoms with Crippen LogP contribution in [-0.4, -0.2) is 83.7 Å². The number of allylic oxidation sites excluding steroid dienone is 1. The number of fused-ring (bicyclic) bond motifs is 5. The Hall–Kier alpha value is -5.51. The highest BCUT2D eigenvalue weighted by atomic mass is 32.2. The first kappa shape index (κ1) is 39.9. The molecule has 4 amide bonds. The van der Waals surface area contributed by atoms with Crippen LogP contribution in [0, 0.1) is 11.7 Å². The molecule has 4 aromatic rings. The highest BCUT2D eigenvalue weighted by molar-refractivity contribution is 7.91. The average Bonchev–Trinajstić information content (AvgIpc) is 4.04. The van der Waals surface area contributed by atoms with Crippen LogP contribution in [0.1, 0.15) is 83.5 Å². The molecule has 4 heterocycles. The normalized spacial score (nSPS) is 27.0. The number of halogens is 1. The number of para-hydroxylation sites is 1. The molecule has 0 spiro atoms. The largest absolute Gasteiger partial charge is 0.484 e. The van der Waals surface area contributed by atoms with Gasteiger partial charge in [-0.2, -0.15) is 0 Å². The lowest BCUT2D eigenvalue weighted by molar-refractivity contribution is -0.141. The SMILES string of the molecule is O=C(N[C@H]1CCCCC/C=C\[C@H]2C[C@@]2(C(=O)NS(=O)(=O)C2CC2)NC(=O)[C@@H]2C[C@@H](Oc3cc(-c4ccccc4F)nc4c3oc3ccccc34)CN2C1=O)OC1CCCC1. The molecule has 5 atom stereocenters. The van der Waals surface area contributed by atoms with E-state index in [0.717, 1.165) is 38.5 Å². The zero-order chi connectivity index (χ0) is 41.6. The van der Waals surface area contributed by atoms with Gasteiger partial charge in [-0.1, -0.05) is 49.3 Å². The molecule has 9 rings (SSSR count). The molecule has 60 heavy (non-hydrogen) atoms. The lowest BCUT2D eigenvalue weighted by atomic mass is 10.0. The van der Waals surface area contributed by atoms with E-state index in [2.05, 4.69) is 15.4 Å². The Morgan fingerprint density at radius 3 is 2.52 bits per heavy atom. The number of hydrogen-bond acceptors (Lipinski definition) is 10. The molecule has 2 aromatic carbocycles. The first-order chi connectivity index (χ1) is 29.0. The fourth-order valence-electron chi connectivity index (χ4n) is 8.91. The average molecular weight is 842 g/mol. The van der Waals surface area contributed by atoms with Crippen LogP contribution in [0.2, 0.25) is 0 Å². The standard InChI is InChI=1S/C44H48FN5O9S/c45-32-17-10-8-15-30(32)34-23-37(39-38(46-34)31-16-9-11-19-36(31)59-39)57-28-22-35-40(51)48-44(42(53)49-60(55,56)29-20-21-29)24-26(44)12-4-2-1-3-5-18-33(41(52)50(35)25-28)47-43(54)58-27-13-6-7-14-27/h4,8-12,15-17,19,23,26-29,33,35H,1-3,5-7,13-14,18,20-22,24-25H2,(H,47,54)(H,48,51)(H,49,53)/b12-4-/t26-,28+,33-,35-,44+/m0/s1. The van der Waals surface area contributed by atoms with Gasteiger partial charge in [0.05, 0.1) is 17.5 Å². The second-order valence-electron chi connectivity index (χ2n) is 16.8. The Kier molecular flexibility index (Phi) is 10.8. The number of hydrogen-bond donors (Lipinski definition) is 3. The third-order valence-corrected chi connectivity index (χ3v) is 14.3. The summed E-state index contributed by atoms with van der Waals surface area (Å²) in [7, 11) is -3.93. The summed E-state index contributed by atoms with van der Waals surface area (Å²) < 4.78 is 61.9. The Morgan fingerprint density at radius 1 is 0.950 bits per heavy atom. The van der Waals surface area contributed by atoms with Crippen molar-refractivity contribution in [2.45, 2.75) is 119 Å². The van der Waals surface area contributed by atoms with Crippen LogP contribution in [0.4, 0.5) is 9.18 Å². The topological polar surface area (TPSA) is 186 Å². The maximum atomic E-state index is 15.2. The minimum atomic E-state index is -3.93. The number of alkyl carbamates (subject to hydrolysis) is 1. The Morgan fingerprint density at radius 2 is 1.72 bits per heavy atom. The Bertz CT molecular complexity index is 2480. The van der Waals surface area contributed by atoms with Crippen LogP contribution in [0.15, 0.2) is 71.2 Å². The first-order valence-electron chi connectivity index (χ1n) is 21.1. The van der Waals surface area contributed by atoms with Crippen molar-refractivity contribution in [2.75, 3.05) is 6.54 Å². The molecular weight excluding hydrogens is 794 g/mol. The Labute approximate surface area is 346 Å². The second-order valence-corrected chi connectivity index (χ2v) is 18.7. The molecular formula is C44H48FN5O9S. The van der Waals surface area contributed by atoms with Crippen LogP contribution in [0.3, 0.4) is 0 Å². The van der Waals surface area contributed by atoms with E-state index in [1.807, 2.05) is 30.4 Å². The number of benzene rings is 2. The number of rotatable bonds is 8. The summed E-state index contributed by atoms with van der Waals surface area (Å²) in [5.74, 6) is -2.73. The van der Waals surface area contributed by atoms with Crippen molar-refractivity contribution in [3.8, 4) is 17.0 Å². The van der Waals surface area contributed by atoms with E-state index in [-0.39, 0.29) is 42.5 Å². The van der Waals surface area contributed by atoms with Gasteiger partial charge in [0.1, 0.15) is 46.7 Å². The molecule has 3 N–H and O–H groups in total. The van der Waals surface area contributed by atoms with E-state index in [9.17, 15) is 27.6 Å². The fourth-order valence-corrected chi connectivity index (χ4v) is 10.3. The predicted molar refractivity (Wildman–Crippen MR) is 218 cm³/mol. The summed E-state index contributed by atoms with van der Waals surface area (Å²) >= 11 is 0. The quantitative estimate of drug-likeness (QED) is 0.173. The van der Waals surface area contributed by atoms with Crippen molar-refractivity contribution in [2.24, 2.45) is 5.92 Å². The third-order valence-electron chi connectivity index (χ3n) is 12.4. The highest BCUT2D eigenvalue weighted by Crippen LogP contribution is 2.46. The van der Waals surface area contributed by atoms with Crippen LogP contribution >= 0.6 is 0 Å². The maximum Gasteiger partial charge on any atom is 0.408 e. The van der Waals surface area contributed by atoms with Crippen molar-refractivity contribution in [1.29, 1.82) is 0 Å². The number of aromatic nitrogens is 1. The fraction of sp³-hybridized carbons (Fsp3) is 0.477. The molecule has 14 nitrogen and oxygen atoms in total. The maximum absolute atomic E-state index is 15.2. The summed E-state index contributed by atoms with van der Waals surface area (Å²) in [6.07, 6.45) is 9.58. The van der Waals surface area contributed by atoms with E-state index in [4.69, 9.17) is 18.9 Å². The molecule has 0 bridgehead atoms. The van der Waals surface area contributed by atoms with E-state index < -0.39 is 74.5 Å². The van der Waals surface area contributed by atoms with Gasteiger partial charge in [0.15, 0.2) is 11.3 Å². The number of pyridine rings is 1. The smallest absolute Gasteiger partial charge is 0.408 e. The van der Waals surface area contributed by atoms with Gasteiger partial charge in [0.2, 0.25) is 21.8 Å². The van der Waals surface area contributed by atoms with Crippen molar-refractivity contribution in [3.63, 3.8) is 0 Å². The van der Waals surface area contributed by atoms with Gasteiger partial charge in [-0.3, -0.25) is 19.1 Å². The highest BCUT2D eigenvalue weighted by Gasteiger charge is 2.62. The number of amides is 4. The molecule has 3 aliphatic carbocycles. The molecule has 1 saturated heterocycles. The molecule has 2 aliphatic heterocycles. The number of carbonyl (C=O) groups excluding carboxylic acids is 4. The van der Waals surface area contributed by atoms with Crippen LogP contribution in [0.5, 0.6) is 5.75 Å². The van der Waals surface area contributed by atoms with Crippen LogP contribution in [0.25, 0.3) is 33.3 Å². The molecule has 4 fully saturated rings. The molecule has 0 unspecified atom stereocenters. The summed E-state index contributed by atoms with van der Waals surface area (Å²) in [5.41, 5.74) is 0.244. The van der Waals surface area contributed by atoms with Crippen molar-refractivity contribution in [3.05, 3.63) is 72.6 Å². The minimum absolute atomic E-state index is 0.0333. The van der Waals surface area contributed by atoms with Crippen LogP contribution < -0.4 is 20.1 Å². The number of nitrogens with one attached hydrogen (secondary N) is 3. The van der Waals surface area contributed by atoms with Crippen molar-refractivity contribution in [1.82, 2.24) is 25.2 Å². The minimum Gasteiger partial charge on any atom is -0.484 e. The number of sulfonamides is 1. The van der Waals surface area contributed by atoms with Crippen molar-refractivity contribution >= 4 is 55.9 Å². The van der Waals surface area contributed by atoms with Gasteiger partial charge in [-0.15, -0.1) is 0 Å². The molecule has 316 valence electrons. The van der Waals surface area contributed by atoms with E-state index >= 15 is 4.39 Å². The zero-order valence-electron chi connectivity index (χ0n) is 33.1. The van der Waals surface area contributed by atoms with Gasteiger partial charge in [-0.25, -0.2) is 22.6 Å². The number of nitrogens with zero attached hydrogens (tertiary/aromatic N) is 2. The second kappa shape index (κ2) is 16.2. The van der Waals surface area contributed by atoms with Gasteiger partial charge in [0, 0.05) is 29.4 Å². The molecule has 0 radical (unpaired) electrons. The van der Waals surface area contributed by atoms with Gasteiger partial charge in [0.25, 0.3) is 5.91 Å². The first-order valence-corrected chi connectivity index (χ1v) is 22.6. The van der Waals surface area contributed by atoms with Gasteiger partial charge >= 0.3 is 6.09 Å². The van der Waals surface area contributed by atoms with E-state index in [1.54, 1.807) is 30.3 Å². The molecule has 3 saturated carbocycles. The third kappa shape index (κ3) is 8.05. The molecule has 16 heteroatoms. The summed E-state index contributed by atoms with van der Waals surface area (Å²) in [6.45, 7) is -0.0928. The number of carbonyl (C=O) groups is 4. The summed E-state index contributed by atoms with van der Waals surface area (Å²) in [4.78, 5) is 62.6. The summed E-state index contributed by atoms with van der Waals surface area (Å²) in [5, 5.41) is 5.72. The van der Waals surface area contributed by atoms with E-state index in [1.165, 1.54) is 11.0 Å². The van der Waals surface area contributed by atoms with Crippen LogP contribution in [-0.2, 0) is 29.1 Å². The Balaban J connectivity index is 1.06. The van der Waals surface area contributed by atoms with Gasteiger partial charge in [-0.05, 0) is 88.5 Å².